The van der Waals surface area contributed by atoms with E-state index in [1.807, 2.05) is 11.0 Å². The molecule has 0 spiro atoms. The Morgan fingerprint density at radius 2 is 1.48 bits per heavy atom. The van der Waals surface area contributed by atoms with Gasteiger partial charge in [-0.25, -0.2) is 0 Å². The van der Waals surface area contributed by atoms with E-state index in [1.165, 1.54) is 18.2 Å². The van der Waals surface area contributed by atoms with Gasteiger partial charge in [0, 0.05) is 50.9 Å². The van der Waals surface area contributed by atoms with Crippen LogP contribution in [0.1, 0.15) is 5.56 Å². The molecule has 130 valence electrons. The Balaban J connectivity index is 1.60. The van der Waals surface area contributed by atoms with Gasteiger partial charge in [-0.1, -0.05) is 24.3 Å². The fourth-order valence-corrected chi connectivity index (χ4v) is 3.01. The number of para-hydroxylation sites is 2. The molecule has 1 heterocycles. The molecule has 8 heteroatoms. The Hall–Kier alpha value is -3.00. The number of hydrogen-bond acceptors (Lipinski definition) is 6. The summed E-state index contributed by atoms with van der Waals surface area (Å²) in [5, 5.41) is 21.9. The lowest BCUT2D eigenvalue weighted by molar-refractivity contribution is -0.384. The fourth-order valence-electron chi connectivity index (χ4n) is 3.01. The Kier molecular flexibility index (Phi) is 4.90. The molecule has 0 amide bonds. The predicted molar refractivity (Wildman–Crippen MR) is 93.7 cm³/mol. The van der Waals surface area contributed by atoms with Crippen molar-refractivity contribution in [1.82, 2.24) is 4.90 Å². The molecular formula is C17H18N4O4. The molecular weight excluding hydrogens is 324 g/mol. The number of nitro benzene ring substituents is 2. The van der Waals surface area contributed by atoms with Crippen molar-refractivity contribution in [2.24, 2.45) is 0 Å². The van der Waals surface area contributed by atoms with Crippen LogP contribution in [0.4, 0.5) is 17.1 Å². The Morgan fingerprint density at radius 1 is 0.840 bits per heavy atom. The minimum Gasteiger partial charge on any atom is -0.363 e. The summed E-state index contributed by atoms with van der Waals surface area (Å²) in [6.07, 6.45) is 0. The molecule has 0 unspecified atom stereocenters. The number of nitrogens with zero attached hydrogens (tertiary/aromatic N) is 4. The topological polar surface area (TPSA) is 92.8 Å². The second-order valence-electron chi connectivity index (χ2n) is 5.93. The number of nitro groups is 2. The van der Waals surface area contributed by atoms with Gasteiger partial charge < -0.3 is 4.90 Å². The Bertz CT molecular complexity index is 770. The third kappa shape index (κ3) is 3.92. The highest BCUT2D eigenvalue weighted by Crippen LogP contribution is 2.28. The summed E-state index contributed by atoms with van der Waals surface area (Å²) in [6.45, 7) is 3.68. The van der Waals surface area contributed by atoms with Crippen LogP contribution in [-0.4, -0.2) is 40.9 Å². The summed E-state index contributed by atoms with van der Waals surface area (Å²) >= 11 is 0. The molecule has 1 aliphatic heterocycles. The highest BCUT2D eigenvalue weighted by molar-refractivity contribution is 5.63. The summed E-state index contributed by atoms with van der Waals surface area (Å²) in [6, 6.07) is 13.4. The van der Waals surface area contributed by atoms with Gasteiger partial charge in [0.2, 0.25) is 0 Å². The molecule has 0 saturated carbocycles. The van der Waals surface area contributed by atoms with Crippen LogP contribution in [0.25, 0.3) is 0 Å². The van der Waals surface area contributed by atoms with Crippen molar-refractivity contribution in [2.45, 2.75) is 6.54 Å². The molecule has 0 aliphatic carbocycles. The second-order valence-corrected chi connectivity index (χ2v) is 5.93. The van der Waals surface area contributed by atoms with Crippen molar-refractivity contribution in [3.63, 3.8) is 0 Å². The normalized spacial score (nSPS) is 15.1. The molecule has 1 aliphatic rings. The second kappa shape index (κ2) is 7.27. The van der Waals surface area contributed by atoms with Crippen LogP contribution in [0.3, 0.4) is 0 Å². The summed E-state index contributed by atoms with van der Waals surface area (Å²) in [4.78, 5) is 25.4. The number of piperazine rings is 1. The zero-order chi connectivity index (χ0) is 17.8. The molecule has 3 rings (SSSR count). The van der Waals surface area contributed by atoms with Gasteiger partial charge in [-0.05, 0) is 11.6 Å². The molecule has 25 heavy (non-hydrogen) atoms. The van der Waals surface area contributed by atoms with Crippen LogP contribution in [0.15, 0.2) is 48.5 Å². The zero-order valence-corrected chi connectivity index (χ0v) is 13.6. The van der Waals surface area contributed by atoms with E-state index >= 15 is 0 Å². The fraction of sp³-hybridized carbons (Fsp3) is 0.294. The number of benzene rings is 2. The molecule has 2 aromatic carbocycles. The van der Waals surface area contributed by atoms with Crippen molar-refractivity contribution in [2.75, 3.05) is 31.1 Å². The van der Waals surface area contributed by atoms with Gasteiger partial charge in [0.25, 0.3) is 11.4 Å². The Morgan fingerprint density at radius 3 is 2.08 bits per heavy atom. The largest absolute Gasteiger partial charge is 0.363 e. The standard InChI is InChI=1S/C17H18N4O4/c22-20(23)15-7-5-14(6-8-15)13-18-9-11-19(12-10-18)16-3-1-2-4-17(16)21(24)25/h1-8H,9-13H2. The minimum atomic E-state index is -0.407. The van der Waals surface area contributed by atoms with Gasteiger partial charge in [0.1, 0.15) is 5.69 Å². The van der Waals surface area contributed by atoms with Crippen molar-refractivity contribution < 1.29 is 9.85 Å². The van der Waals surface area contributed by atoms with Gasteiger partial charge >= 0.3 is 0 Å². The van der Waals surface area contributed by atoms with Crippen LogP contribution in [0.5, 0.6) is 0 Å². The van der Waals surface area contributed by atoms with Crippen molar-refractivity contribution >= 4 is 17.1 Å². The zero-order valence-electron chi connectivity index (χ0n) is 13.6. The first-order chi connectivity index (χ1) is 12.0. The summed E-state index contributed by atoms with van der Waals surface area (Å²) in [5.41, 5.74) is 1.89. The van der Waals surface area contributed by atoms with Crippen LogP contribution in [0, 0.1) is 20.2 Å². The van der Waals surface area contributed by atoms with Gasteiger partial charge in [-0.3, -0.25) is 25.1 Å². The SMILES string of the molecule is O=[N+]([O-])c1ccc(CN2CCN(c3ccccc3[N+](=O)[O-])CC2)cc1. The maximum absolute atomic E-state index is 11.2. The lowest BCUT2D eigenvalue weighted by atomic mass is 10.1. The molecule has 0 N–H and O–H groups in total. The van der Waals surface area contributed by atoms with E-state index in [1.54, 1.807) is 24.3 Å². The molecule has 0 radical (unpaired) electrons. The maximum atomic E-state index is 11.2. The van der Waals surface area contributed by atoms with Crippen LogP contribution >= 0.6 is 0 Å². The number of rotatable bonds is 5. The first kappa shape index (κ1) is 16.8. The van der Waals surface area contributed by atoms with Gasteiger partial charge in [0.15, 0.2) is 0 Å². The summed E-state index contributed by atoms with van der Waals surface area (Å²) in [5.74, 6) is 0. The van der Waals surface area contributed by atoms with Crippen molar-refractivity contribution in [3.8, 4) is 0 Å². The first-order valence-electron chi connectivity index (χ1n) is 7.98. The Labute approximate surface area is 144 Å². The number of non-ortho nitro benzene ring substituents is 1. The van der Waals surface area contributed by atoms with E-state index in [4.69, 9.17) is 0 Å². The molecule has 0 aromatic heterocycles. The van der Waals surface area contributed by atoms with E-state index in [-0.39, 0.29) is 16.3 Å². The van der Waals surface area contributed by atoms with E-state index in [9.17, 15) is 20.2 Å². The maximum Gasteiger partial charge on any atom is 0.292 e. The van der Waals surface area contributed by atoms with E-state index in [0.29, 0.717) is 25.3 Å². The van der Waals surface area contributed by atoms with Gasteiger partial charge in [-0.15, -0.1) is 0 Å². The first-order valence-corrected chi connectivity index (χ1v) is 7.98. The molecule has 2 aromatic rings. The molecule has 8 nitrogen and oxygen atoms in total. The lowest BCUT2D eigenvalue weighted by Crippen LogP contribution is -2.46. The van der Waals surface area contributed by atoms with Gasteiger partial charge in [-0.2, -0.15) is 0 Å². The molecule has 0 bridgehead atoms. The van der Waals surface area contributed by atoms with E-state index < -0.39 is 4.92 Å². The van der Waals surface area contributed by atoms with E-state index in [2.05, 4.69) is 4.90 Å². The predicted octanol–water partition coefficient (Wildman–Crippen LogP) is 2.83. The summed E-state index contributed by atoms with van der Waals surface area (Å²) in [7, 11) is 0. The molecule has 1 saturated heterocycles. The van der Waals surface area contributed by atoms with E-state index in [0.717, 1.165) is 18.7 Å². The minimum absolute atomic E-state index is 0.0879. The molecule has 1 fully saturated rings. The van der Waals surface area contributed by atoms with Crippen LogP contribution in [0.2, 0.25) is 0 Å². The van der Waals surface area contributed by atoms with Crippen molar-refractivity contribution in [1.29, 1.82) is 0 Å². The number of hydrogen-bond donors (Lipinski definition) is 0. The third-order valence-electron chi connectivity index (χ3n) is 4.34. The quantitative estimate of drug-likeness (QED) is 0.613. The highest BCUT2D eigenvalue weighted by Gasteiger charge is 2.23. The van der Waals surface area contributed by atoms with Crippen LogP contribution < -0.4 is 4.90 Å². The van der Waals surface area contributed by atoms with Gasteiger partial charge in [0.05, 0.1) is 9.85 Å². The highest BCUT2D eigenvalue weighted by atomic mass is 16.6. The summed E-state index contributed by atoms with van der Waals surface area (Å²) < 4.78 is 0. The average Bonchev–Trinajstić information content (AvgIpc) is 2.63. The lowest BCUT2D eigenvalue weighted by Gasteiger charge is -2.35. The molecule has 0 atom stereocenters. The monoisotopic (exact) mass is 342 g/mol. The van der Waals surface area contributed by atoms with Crippen LogP contribution in [-0.2, 0) is 6.54 Å². The smallest absolute Gasteiger partial charge is 0.292 e. The number of anilines is 1. The third-order valence-corrected chi connectivity index (χ3v) is 4.34. The van der Waals surface area contributed by atoms with Crippen molar-refractivity contribution in [3.05, 3.63) is 74.3 Å². The average molecular weight is 342 g/mol.